The molecule has 1 N–H and O–H groups in total. The number of hydrogen-bond donors (Lipinski definition) is 1. The number of nitrogens with one attached hydrogen (secondary N) is 1. The number of hydrogen-bond acceptors (Lipinski definition) is 4. The molecule has 1 aromatic carbocycles. The number of benzene rings is 1. The smallest absolute Gasteiger partial charge is 0.382 e. The standard InChI is InChI=1S/C20H21F3N4O2/c1-11-8-15(17-12(2)26-27(3)18(17)24-11)19(28)25-16(10-29-4)13-6-5-7-14(9-13)20(21,22)23/h5-9,16H,10H2,1-4H3,(H,25,28). The zero-order valence-electron chi connectivity index (χ0n) is 16.5. The van der Waals surface area contributed by atoms with E-state index in [9.17, 15) is 18.0 Å². The maximum absolute atomic E-state index is 13.1. The predicted molar refractivity (Wildman–Crippen MR) is 102 cm³/mol. The highest BCUT2D eigenvalue weighted by Gasteiger charge is 2.31. The lowest BCUT2D eigenvalue weighted by atomic mass is 10.0. The average Bonchev–Trinajstić information content (AvgIpc) is 2.93. The Labute approximate surface area is 165 Å². The van der Waals surface area contributed by atoms with Gasteiger partial charge in [0.05, 0.1) is 34.9 Å². The minimum Gasteiger partial charge on any atom is -0.382 e. The lowest BCUT2D eigenvalue weighted by Crippen LogP contribution is -2.32. The second kappa shape index (κ2) is 7.82. The Bertz CT molecular complexity index is 1060. The first-order chi connectivity index (χ1) is 13.6. The summed E-state index contributed by atoms with van der Waals surface area (Å²) >= 11 is 0. The van der Waals surface area contributed by atoms with Gasteiger partial charge in [-0.3, -0.25) is 9.48 Å². The lowest BCUT2D eigenvalue weighted by molar-refractivity contribution is -0.137. The van der Waals surface area contributed by atoms with Crippen LogP contribution in [0.1, 0.15) is 38.9 Å². The van der Waals surface area contributed by atoms with Crippen LogP contribution in [-0.2, 0) is 18.0 Å². The number of rotatable bonds is 5. The van der Waals surface area contributed by atoms with E-state index < -0.39 is 23.7 Å². The zero-order chi connectivity index (χ0) is 21.3. The number of aromatic nitrogens is 3. The van der Waals surface area contributed by atoms with E-state index in [0.717, 1.165) is 12.1 Å². The van der Waals surface area contributed by atoms with E-state index in [-0.39, 0.29) is 6.61 Å². The average molecular weight is 406 g/mol. The van der Waals surface area contributed by atoms with Gasteiger partial charge in [-0.15, -0.1) is 0 Å². The molecule has 29 heavy (non-hydrogen) atoms. The summed E-state index contributed by atoms with van der Waals surface area (Å²) in [5, 5.41) is 7.71. The molecular weight excluding hydrogens is 385 g/mol. The summed E-state index contributed by atoms with van der Waals surface area (Å²) in [5.41, 5.74) is 1.73. The van der Waals surface area contributed by atoms with Gasteiger partial charge >= 0.3 is 6.18 Å². The Balaban J connectivity index is 1.99. The second-order valence-electron chi connectivity index (χ2n) is 6.82. The second-order valence-corrected chi connectivity index (χ2v) is 6.82. The number of carbonyl (C=O) groups excluding carboxylic acids is 1. The van der Waals surface area contributed by atoms with Gasteiger partial charge in [0.15, 0.2) is 5.65 Å². The van der Waals surface area contributed by atoms with Crippen molar-refractivity contribution in [2.24, 2.45) is 7.05 Å². The SMILES string of the molecule is COCC(NC(=O)c1cc(C)nc2c1c(C)nn2C)c1cccc(C(F)(F)F)c1. The molecule has 154 valence electrons. The number of pyridine rings is 1. The Morgan fingerprint density at radius 3 is 2.66 bits per heavy atom. The van der Waals surface area contributed by atoms with Gasteiger partial charge in [0.1, 0.15) is 0 Å². The van der Waals surface area contributed by atoms with Crippen LogP contribution < -0.4 is 5.32 Å². The molecule has 1 unspecified atom stereocenters. The molecule has 0 saturated heterocycles. The minimum atomic E-state index is -4.47. The lowest BCUT2D eigenvalue weighted by Gasteiger charge is -2.20. The van der Waals surface area contributed by atoms with Crippen molar-refractivity contribution in [3.05, 3.63) is 58.4 Å². The van der Waals surface area contributed by atoms with Crippen LogP contribution in [0.3, 0.4) is 0 Å². The van der Waals surface area contributed by atoms with Gasteiger partial charge in [-0.1, -0.05) is 12.1 Å². The van der Waals surface area contributed by atoms with Gasteiger partial charge in [0.2, 0.25) is 0 Å². The van der Waals surface area contributed by atoms with Crippen LogP contribution in [0.4, 0.5) is 13.2 Å². The molecule has 0 radical (unpaired) electrons. The van der Waals surface area contributed by atoms with E-state index in [2.05, 4.69) is 15.4 Å². The van der Waals surface area contributed by atoms with E-state index in [0.29, 0.717) is 33.5 Å². The van der Waals surface area contributed by atoms with Crippen LogP contribution in [0.25, 0.3) is 11.0 Å². The van der Waals surface area contributed by atoms with E-state index in [1.165, 1.54) is 19.2 Å². The summed E-state index contributed by atoms with van der Waals surface area (Å²) in [4.78, 5) is 17.5. The summed E-state index contributed by atoms with van der Waals surface area (Å²) in [6.45, 7) is 3.56. The molecule has 9 heteroatoms. The van der Waals surface area contributed by atoms with Crippen LogP contribution >= 0.6 is 0 Å². The molecule has 6 nitrogen and oxygen atoms in total. The fourth-order valence-electron chi connectivity index (χ4n) is 3.30. The summed E-state index contributed by atoms with van der Waals surface area (Å²) in [5.74, 6) is -0.434. The third-order valence-corrected chi connectivity index (χ3v) is 4.60. The number of carbonyl (C=O) groups is 1. The van der Waals surface area contributed by atoms with Crippen LogP contribution in [0, 0.1) is 13.8 Å². The highest BCUT2D eigenvalue weighted by Crippen LogP contribution is 2.31. The van der Waals surface area contributed by atoms with Crippen molar-refractivity contribution in [1.29, 1.82) is 0 Å². The summed E-state index contributed by atoms with van der Waals surface area (Å²) in [6.07, 6.45) is -4.47. The van der Waals surface area contributed by atoms with Crippen molar-refractivity contribution in [3.8, 4) is 0 Å². The number of amides is 1. The minimum absolute atomic E-state index is 0.0201. The van der Waals surface area contributed by atoms with Crippen LogP contribution in [0.5, 0.6) is 0 Å². The maximum atomic E-state index is 13.1. The quantitative estimate of drug-likeness (QED) is 0.701. The Hall–Kier alpha value is -2.94. The van der Waals surface area contributed by atoms with Crippen LogP contribution in [0.15, 0.2) is 30.3 Å². The van der Waals surface area contributed by atoms with Crippen molar-refractivity contribution in [3.63, 3.8) is 0 Å². The number of fused-ring (bicyclic) bond motifs is 1. The fourth-order valence-corrected chi connectivity index (χ4v) is 3.30. The van der Waals surface area contributed by atoms with Gasteiger partial charge in [-0.05, 0) is 37.6 Å². The molecule has 0 aliphatic carbocycles. The molecule has 1 atom stereocenters. The Morgan fingerprint density at radius 2 is 2.00 bits per heavy atom. The molecule has 1 amide bonds. The maximum Gasteiger partial charge on any atom is 0.416 e. The number of aryl methyl sites for hydroxylation is 3. The van der Waals surface area contributed by atoms with Crippen LogP contribution in [0.2, 0.25) is 0 Å². The first-order valence-corrected chi connectivity index (χ1v) is 8.89. The van der Waals surface area contributed by atoms with E-state index in [4.69, 9.17) is 4.74 Å². The number of ether oxygens (including phenoxy) is 1. The van der Waals surface area contributed by atoms with E-state index in [1.807, 2.05) is 0 Å². The summed E-state index contributed by atoms with van der Waals surface area (Å²) in [6, 6.07) is 5.74. The van der Waals surface area contributed by atoms with Crippen molar-refractivity contribution >= 4 is 16.9 Å². The predicted octanol–water partition coefficient (Wildman–Crippen LogP) is 3.72. The van der Waals surface area contributed by atoms with Crippen molar-refractivity contribution in [1.82, 2.24) is 20.1 Å². The molecule has 0 fully saturated rings. The fraction of sp³-hybridized carbons (Fsp3) is 0.350. The van der Waals surface area contributed by atoms with E-state index >= 15 is 0 Å². The first-order valence-electron chi connectivity index (χ1n) is 8.89. The summed E-state index contributed by atoms with van der Waals surface area (Å²) < 4.78 is 46.0. The highest BCUT2D eigenvalue weighted by atomic mass is 19.4. The van der Waals surface area contributed by atoms with Crippen LogP contribution in [-0.4, -0.2) is 34.4 Å². The van der Waals surface area contributed by atoms with Gasteiger partial charge in [-0.25, -0.2) is 4.98 Å². The van der Waals surface area contributed by atoms with Crippen molar-refractivity contribution in [2.45, 2.75) is 26.1 Å². The summed E-state index contributed by atoms with van der Waals surface area (Å²) in [7, 11) is 3.16. The molecule has 2 aromatic heterocycles. The largest absolute Gasteiger partial charge is 0.416 e. The molecule has 0 aliphatic rings. The monoisotopic (exact) mass is 406 g/mol. The number of nitrogens with zero attached hydrogens (tertiary/aromatic N) is 3. The van der Waals surface area contributed by atoms with E-state index in [1.54, 1.807) is 31.6 Å². The third-order valence-electron chi connectivity index (χ3n) is 4.60. The Kier molecular flexibility index (Phi) is 5.61. The first kappa shape index (κ1) is 20.8. The molecule has 0 saturated carbocycles. The molecule has 2 heterocycles. The highest BCUT2D eigenvalue weighted by molar-refractivity contribution is 6.06. The van der Waals surface area contributed by atoms with Crippen molar-refractivity contribution in [2.75, 3.05) is 13.7 Å². The normalized spacial score (nSPS) is 12.9. The molecule has 3 aromatic rings. The zero-order valence-corrected chi connectivity index (χ0v) is 16.5. The molecule has 3 rings (SSSR count). The van der Waals surface area contributed by atoms with Gasteiger partial charge in [0.25, 0.3) is 5.91 Å². The Morgan fingerprint density at radius 1 is 1.28 bits per heavy atom. The number of methoxy groups -OCH3 is 1. The topological polar surface area (TPSA) is 69.0 Å². The van der Waals surface area contributed by atoms with Gasteiger partial charge in [0, 0.05) is 19.9 Å². The molecule has 0 aliphatic heterocycles. The molecule has 0 bridgehead atoms. The van der Waals surface area contributed by atoms with Crippen molar-refractivity contribution < 1.29 is 22.7 Å². The number of halogens is 3. The molecular formula is C20H21F3N4O2. The number of alkyl halides is 3. The molecule has 0 spiro atoms. The van der Waals surface area contributed by atoms with Gasteiger partial charge in [-0.2, -0.15) is 18.3 Å². The third kappa shape index (κ3) is 4.24. The van der Waals surface area contributed by atoms with Gasteiger partial charge < -0.3 is 10.1 Å².